The van der Waals surface area contributed by atoms with E-state index in [0.29, 0.717) is 6.42 Å². The Morgan fingerprint density at radius 2 is 1.85 bits per heavy atom. The van der Waals surface area contributed by atoms with Crippen LogP contribution in [0.25, 0.3) is 0 Å². The van der Waals surface area contributed by atoms with Crippen molar-refractivity contribution in [1.29, 1.82) is 0 Å². The van der Waals surface area contributed by atoms with Gasteiger partial charge >= 0.3 is 5.97 Å². The molecule has 1 aromatic carbocycles. The van der Waals surface area contributed by atoms with Crippen LogP contribution in [-0.2, 0) is 20.7 Å². The summed E-state index contributed by atoms with van der Waals surface area (Å²) in [5.74, 6) is -0.209. The standard InChI is InChI=1S/C17H22O3/c1-5-14(4)20-16(17(18)19-13(2)3)12-11-15-9-7-6-8-10-15/h5-10,12-14H,1,11H2,2-4H3/b16-12-. The van der Waals surface area contributed by atoms with Gasteiger partial charge in [0.15, 0.2) is 0 Å². The molecule has 1 atom stereocenters. The normalized spacial score (nSPS) is 12.9. The lowest BCUT2D eigenvalue weighted by Gasteiger charge is -2.15. The van der Waals surface area contributed by atoms with E-state index in [9.17, 15) is 4.79 Å². The molecular weight excluding hydrogens is 252 g/mol. The number of hydrogen-bond donors (Lipinski definition) is 0. The molecule has 3 nitrogen and oxygen atoms in total. The van der Waals surface area contributed by atoms with Crippen LogP contribution in [0.15, 0.2) is 54.8 Å². The summed E-state index contributed by atoms with van der Waals surface area (Å²) in [5.41, 5.74) is 1.11. The molecule has 0 spiro atoms. The molecule has 0 N–H and O–H groups in total. The Morgan fingerprint density at radius 3 is 2.40 bits per heavy atom. The van der Waals surface area contributed by atoms with Crippen LogP contribution in [0, 0.1) is 0 Å². The van der Waals surface area contributed by atoms with Gasteiger partial charge in [-0.15, -0.1) is 0 Å². The zero-order valence-electron chi connectivity index (χ0n) is 12.3. The summed E-state index contributed by atoms with van der Waals surface area (Å²) in [6, 6.07) is 9.88. The van der Waals surface area contributed by atoms with Crippen LogP contribution in [0.1, 0.15) is 26.3 Å². The van der Waals surface area contributed by atoms with Crippen LogP contribution in [-0.4, -0.2) is 18.2 Å². The van der Waals surface area contributed by atoms with E-state index in [0.717, 1.165) is 5.56 Å². The highest BCUT2D eigenvalue weighted by molar-refractivity contribution is 5.86. The van der Waals surface area contributed by atoms with Crippen LogP contribution in [0.2, 0.25) is 0 Å². The number of hydrogen-bond acceptors (Lipinski definition) is 3. The predicted molar refractivity (Wildman–Crippen MR) is 80.2 cm³/mol. The first-order valence-corrected chi connectivity index (χ1v) is 6.77. The minimum atomic E-state index is -0.440. The Morgan fingerprint density at radius 1 is 1.20 bits per heavy atom. The first kappa shape index (κ1) is 16.0. The summed E-state index contributed by atoms with van der Waals surface area (Å²) in [4.78, 5) is 12.0. The SMILES string of the molecule is C=CC(C)O/C(=C\Cc1ccccc1)C(=O)OC(C)C. The highest BCUT2D eigenvalue weighted by Gasteiger charge is 2.16. The van der Waals surface area contributed by atoms with Gasteiger partial charge in [-0.05, 0) is 38.8 Å². The molecule has 1 rings (SSSR count). The molecule has 0 aromatic heterocycles. The fraction of sp³-hybridized carbons (Fsp3) is 0.353. The van der Waals surface area contributed by atoms with Crippen molar-refractivity contribution < 1.29 is 14.3 Å². The second kappa shape index (κ2) is 8.20. The molecular formula is C17H22O3. The zero-order chi connectivity index (χ0) is 15.0. The Hall–Kier alpha value is -2.03. The maximum Gasteiger partial charge on any atom is 0.373 e. The molecule has 0 aliphatic heterocycles. The summed E-state index contributed by atoms with van der Waals surface area (Å²) < 4.78 is 10.7. The number of esters is 1. The maximum absolute atomic E-state index is 12.0. The second-order valence-electron chi connectivity index (χ2n) is 4.77. The molecule has 3 heteroatoms. The number of rotatable bonds is 7. The highest BCUT2D eigenvalue weighted by atomic mass is 16.6. The van der Waals surface area contributed by atoms with Crippen molar-refractivity contribution in [3.63, 3.8) is 0 Å². The average molecular weight is 274 g/mol. The summed E-state index contributed by atoms with van der Waals surface area (Å²) >= 11 is 0. The van der Waals surface area contributed by atoms with Crippen LogP contribution < -0.4 is 0 Å². The molecule has 0 amide bonds. The molecule has 0 radical (unpaired) electrons. The molecule has 0 aliphatic rings. The van der Waals surface area contributed by atoms with E-state index in [2.05, 4.69) is 6.58 Å². The van der Waals surface area contributed by atoms with Gasteiger partial charge in [0.05, 0.1) is 6.10 Å². The minimum Gasteiger partial charge on any atom is -0.480 e. The molecule has 20 heavy (non-hydrogen) atoms. The van der Waals surface area contributed by atoms with E-state index in [1.807, 2.05) is 51.1 Å². The molecule has 1 aromatic rings. The van der Waals surface area contributed by atoms with Crippen LogP contribution in [0.4, 0.5) is 0 Å². The number of allylic oxidation sites excluding steroid dienone is 1. The number of carbonyl (C=O) groups excluding carboxylic acids is 1. The van der Waals surface area contributed by atoms with Gasteiger partial charge in [0.2, 0.25) is 5.76 Å². The molecule has 108 valence electrons. The van der Waals surface area contributed by atoms with Gasteiger partial charge in [-0.25, -0.2) is 4.79 Å². The van der Waals surface area contributed by atoms with Crippen molar-refractivity contribution in [3.05, 3.63) is 60.4 Å². The molecule has 1 unspecified atom stereocenters. The van der Waals surface area contributed by atoms with E-state index < -0.39 is 5.97 Å². The zero-order valence-corrected chi connectivity index (χ0v) is 12.3. The third-order valence-corrected chi connectivity index (χ3v) is 2.55. The second-order valence-corrected chi connectivity index (χ2v) is 4.77. The topological polar surface area (TPSA) is 35.5 Å². The number of benzene rings is 1. The molecule has 0 fully saturated rings. The first-order chi connectivity index (χ1) is 9.52. The van der Waals surface area contributed by atoms with Gasteiger partial charge in [0.25, 0.3) is 0 Å². The summed E-state index contributed by atoms with van der Waals surface area (Å²) in [6.07, 6.45) is 3.59. The van der Waals surface area contributed by atoms with Crippen molar-refractivity contribution in [3.8, 4) is 0 Å². The van der Waals surface area contributed by atoms with Gasteiger partial charge in [-0.2, -0.15) is 0 Å². The molecule has 0 bridgehead atoms. The lowest BCUT2D eigenvalue weighted by atomic mass is 10.1. The van der Waals surface area contributed by atoms with E-state index in [4.69, 9.17) is 9.47 Å². The Bertz CT molecular complexity index is 460. The predicted octanol–water partition coefficient (Wildman–Crippen LogP) is 3.66. The third-order valence-electron chi connectivity index (χ3n) is 2.55. The monoisotopic (exact) mass is 274 g/mol. The molecule has 0 saturated heterocycles. The fourth-order valence-corrected chi connectivity index (χ4v) is 1.52. The number of ether oxygens (including phenoxy) is 2. The Labute approximate surface area is 120 Å². The minimum absolute atomic E-state index is 0.176. The van der Waals surface area contributed by atoms with Crippen LogP contribution in [0.5, 0.6) is 0 Å². The first-order valence-electron chi connectivity index (χ1n) is 6.77. The van der Waals surface area contributed by atoms with Crippen molar-refractivity contribution in [2.24, 2.45) is 0 Å². The molecule has 0 aliphatic carbocycles. The lowest BCUT2D eigenvalue weighted by molar-refractivity contribution is -0.147. The van der Waals surface area contributed by atoms with Gasteiger partial charge in [-0.3, -0.25) is 0 Å². The highest BCUT2D eigenvalue weighted by Crippen LogP contribution is 2.10. The van der Waals surface area contributed by atoms with Gasteiger partial charge in [0.1, 0.15) is 6.10 Å². The van der Waals surface area contributed by atoms with Crippen molar-refractivity contribution in [1.82, 2.24) is 0 Å². The number of carbonyl (C=O) groups is 1. The van der Waals surface area contributed by atoms with Crippen molar-refractivity contribution >= 4 is 5.97 Å². The largest absolute Gasteiger partial charge is 0.480 e. The smallest absolute Gasteiger partial charge is 0.373 e. The summed E-state index contributed by atoms with van der Waals surface area (Å²) in [7, 11) is 0. The van der Waals surface area contributed by atoms with E-state index >= 15 is 0 Å². The lowest BCUT2D eigenvalue weighted by Crippen LogP contribution is -2.18. The van der Waals surface area contributed by atoms with Crippen molar-refractivity contribution in [2.75, 3.05) is 0 Å². The van der Waals surface area contributed by atoms with E-state index in [1.54, 1.807) is 12.2 Å². The molecule has 0 heterocycles. The fourth-order valence-electron chi connectivity index (χ4n) is 1.52. The maximum atomic E-state index is 12.0. The Balaban J connectivity index is 2.80. The van der Waals surface area contributed by atoms with E-state index in [1.165, 1.54) is 0 Å². The average Bonchev–Trinajstić information content (AvgIpc) is 2.43. The molecule has 0 saturated carbocycles. The van der Waals surface area contributed by atoms with Gasteiger partial charge in [0, 0.05) is 0 Å². The Kier molecular flexibility index (Phi) is 6.57. The summed E-state index contributed by atoms with van der Waals surface area (Å²) in [6.45, 7) is 9.09. The van der Waals surface area contributed by atoms with E-state index in [-0.39, 0.29) is 18.0 Å². The van der Waals surface area contributed by atoms with Crippen molar-refractivity contribution in [2.45, 2.75) is 39.4 Å². The van der Waals surface area contributed by atoms with Gasteiger partial charge < -0.3 is 9.47 Å². The van der Waals surface area contributed by atoms with Crippen LogP contribution in [0.3, 0.4) is 0 Å². The van der Waals surface area contributed by atoms with Crippen LogP contribution >= 0.6 is 0 Å². The van der Waals surface area contributed by atoms with Gasteiger partial charge in [-0.1, -0.05) is 43.0 Å². The summed E-state index contributed by atoms with van der Waals surface area (Å²) in [5, 5.41) is 0. The third kappa shape index (κ3) is 5.74. The quantitative estimate of drug-likeness (QED) is 0.329.